The molecular weight excluding hydrogens is 272 g/mol. The van der Waals surface area contributed by atoms with Crippen LogP contribution in [0.5, 0.6) is 17.2 Å². The van der Waals surface area contributed by atoms with Gasteiger partial charge in [-0.15, -0.1) is 0 Å². The number of nitrogens with zero attached hydrogens (tertiary/aromatic N) is 2. The van der Waals surface area contributed by atoms with E-state index in [1.807, 2.05) is 18.2 Å². The summed E-state index contributed by atoms with van der Waals surface area (Å²) in [6.07, 6.45) is 1.38. The largest absolute Gasteiger partial charge is 0.497 e. The topological polar surface area (TPSA) is 91.5 Å². The van der Waals surface area contributed by atoms with Crippen molar-refractivity contribution in [3.63, 3.8) is 0 Å². The molecule has 1 aromatic heterocycles. The summed E-state index contributed by atoms with van der Waals surface area (Å²) in [6.45, 7) is 0.500. The minimum atomic E-state index is 0.289. The molecule has 0 saturated heterocycles. The van der Waals surface area contributed by atoms with Gasteiger partial charge >= 0.3 is 0 Å². The summed E-state index contributed by atoms with van der Waals surface area (Å²) in [7, 11) is 4.75. The molecule has 7 heteroatoms. The summed E-state index contributed by atoms with van der Waals surface area (Å²) in [5.74, 6) is 2.70. The van der Waals surface area contributed by atoms with Crippen LogP contribution in [0.15, 0.2) is 24.5 Å². The molecule has 0 aliphatic carbocycles. The molecule has 0 amide bonds. The first kappa shape index (κ1) is 14.7. The molecule has 0 atom stereocenters. The summed E-state index contributed by atoms with van der Waals surface area (Å²) in [4.78, 5) is 8.00. The number of benzene rings is 1. The molecule has 0 aliphatic heterocycles. The van der Waals surface area contributed by atoms with Gasteiger partial charge in [0, 0.05) is 18.2 Å². The van der Waals surface area contributed by atoms with Gasteiger partial charge in [-0.1, -0.05) is 0 Å². The molecule has 0 radical (unpaired) electrons. The first-order valence-electron chi connectivity index (χ1n) is 6.28. The first-order chi connectivity index (χ1) is 10.2. The first-order valence-corrected chi connectivity index (χ1v) is 6.28. The van der Waals surface area contributed by atoms with Crippen LogP contribution < -0.4 is 25.3 Å². The molecule has 0 saturated carbocycles. The molecule has 1 heterocycles. The molecule has 21 heavy (non-hydrogen) atoms. The van der Waals surface area contributed by atoms with Gasteiger partial charge in [0.2, 0.25) is 5.75 Å². The van der Waals surface area contributed by atoms with Crippen LogP contribution in [-0.4, -0.2) is 31.3 Å². The second-order valence-electron chi connectivity index (χ2n) is 4.17. The van der Waals surface area contributed by atoms with E-state index in [4.69, 9.17) is 19.9 Å². The Bertz CT molecular complexity index is 619. The van der Waals surface area contributed by atoms with E-state index < -0.39 is 0 Å². The van der Waals surface area contributed by atoms with Gasteiger partial charge < -0.3 is 25.3 Å². The van der Waals surface area contributed by atoms with Gasteiger partial charge in [-0.05, 0) is 12.1 Å². The van der Waals surface area contributed by atoms with Crippen molar-refractivity contribution < 1.29 is 14.2 Å². The van der Waals surface area contributed by atoms with Gasteiger partial charge in [-0.25, -0.2) is 9.97 Å². The van der Waals surface area contributed by atoms with Crippen molar-refractivity contribution in [1.29, 1.82) is 0 Å². The van der Waals surface area contributed by atoms with Crippen LogP contribution >= 0.6 is 0 Å². The van der Waals surface area contributed by atoms with Crippen molar-refractivity contribution in [3.8, 4) is 17.2 Å². The molecule has 7 nitrogen and oxygen atoms in total. The summed E-state index contributed by atoms with van der Waals surface area (Å²) in [5.41, 5.74) is 6.69. The average Bonchev–Trinajstić information content (AvgIpc) is 2.52. The standard InChI is InChI=1S/C14H18N4O3/c1-19-10-5-4-9(11(6-10)20-2)7-16-14-12(21-3)13(15)17-8-18-14/h4-6,8H,7H2,1-3H3,(H3,15,16,17,18). The lowest BCUT2D eigenvalue weighted by atomic mass is 10.2. The molecule has 0 bridgehead atoms. The lowest BCUT2D eigenvalue weighted by Crippen LogP contribution is -2.07. The predicted molar refractivity (Wildman–Crippen MR) is 79.9 cm³/mol. The van der Waals surface area contributed by atoms with Crippen LogP contribution in [0.1, 0.15) is 5.56 Å². The fourth-order valence-electron chi connectivity index (χ4n) is 1.89. The van der Waals surface area contributed by atoms with E-state index in [0.29, 0.717) is 18.1 Å². The van der Waals surface area contributed by atoms with E-state index in [-0.39, 0.29) is 5.82 Å². The Morgan fingerprint density at radius 3 is 2.57 bits per heavy atom. The minimum Gasteiger partial charge on any atom is -0.497 e. The number of methoxy groups -OCH3 is 3. The summed E-state index contributed by atoms with van der Waals surface area (Å²) in [6, 6.07) is 5.61. The Hall–Kier alpha value is -2.70. The van der Waals surface area contributed by atoms with E-state index in [1.165, 1.54) is 13.4 Å². The van der Waals surface area contributed by atoms with E-state index in [0.717, 1.165) is 17.1 Å². The molecule has 2 aromatic rings. The minimum absolute atomic E-state index is 0.289. The van der Waals surface area contributed by atoms with Crippen molar-refractivity contribution >= 4 is 11.6 Å². The highest BCUT2D eigenvalue weighted by Crippen LogP contribution is 2.29. The zero-order valence-corrected chi connectivity index (χ0v) is 12.2. The summed E-state index contributed by atoms with van der Waals surface area (Å²) in [5, 5.41) is 3.16. The molecule has 112 valence electrons. The lowest BCUT2D eigenvalue weighted by Gasteiger charge is -2.13. The zero-order valence-electron chi connectivity index (χ0n) is 12.2. The van der Waals surface area contributed by atoms with Crippen LogP contribution in [0.3, 0.4) is 0 Å². The fourth-order valence-corrected chi connectivity index (χ4v) is 1.89. The molecule has 0 unspecified atom stereocenters. The normalized spacial score (nSPS) is 10.0. The van der Waals surface area contributed by atoms with Gasteiger partial charge in [-0.2, -0.15) is 0 Å². The predicted octanol–water partition coefficient (Wildman–Crippen LogP) is 1.70. The maximum absolute atomic E-state index is 5.74. The van der Waals surface area contributed by atoms with Gasteiger partial charge in [-0.3, -0.25) is 0 Å². The van der Waals surface area contributed by atoms with Crippen molar-refractivity contribution in [2.45, 2.75) is 6.54 Å². The maximum atomic E-state index is 5.74. The zero-order chi connectivity index (χ0) is 15.2. The van der Waals surface area contributed by atoms with E-state index in [2.05, 4.69) is 15.3 Å². The fraction of sp³-hybridized carbons (Fsp3) is 0.286. The van der Waals surface area contributed by atoms with Crippen molar-refractivity contribution in [1.82, 2.24) is 9.97 Å². The molecule has 0 fully saturated rings. The van der Waals surface area contributed by atoms with Gasteiger partial charge in [0.05, 0.1) is 21.3 Å². The number of nitrogens with two attached hydrogens (primary N) is 1. The van der Waals surface area contributed by atoms with Gasteiger partial charge in [0.1, 0.15) is 17.8 Å². The molecule has 3 N–H and O–H groups in total. The average molecular weight is 290 g/mol. The monoisotopic (exact) mass is 290 g/mol. The second-order valence-corrected chi connectivity index (χ2v) is 4.17. The number of nitrogens with one attached hydrogen (secondary N) is 1. The number of aromatic nitrogens is 2. The molecule has 0 aliphatic rings. The number of rotatable bonds is 6. The van der Waals surface area contributed by atoms with Crippen molar-refractivity contribution in [2.75, 3.05) is 32.4 Å². The third kappa shape index (κ3) is 3.25. The number of ether oxygens (including phenoxy) is 3. The number of hydrogen-bond acceptors (Lipinski definition) is 7. The highest BCUT2D eigenvalue weighted by molar-refractivity contribution is 5.61. The molecule has 2 rings (SSSR count). The Labute approximate surface area is 123 Å². The van der Waals surface area contributed by atoms with Crippen molar-refractivity contribution in [3.05, 3.63) is 30.1 Å². The maximum Gasteiger partial charge on any atom is 0.203 e. The van der Waals surface area contributed by atoms with Crippen LogP contribution in [0.25, 0.3) is 0 Å². The van der Waals surface area contributed by atoms with E-state index in [1.54, 1.807) is 14.2 Å². The van der Waals surface area contributed by atoms with Crippen LogP contribution in [-0.2, 0) is 6.54 Å². The number of nitrogen functional groups attached to an aromatic ring is 1. The number of anilines is 2. The third-order valence-corrected chi connectivity index (χ3v) is 2.98. The Kier molecular flexibility index (Phi) is 4.65. The van der Waals surface area contributed by atoms with Crippen LogP contribution in [0, 0.1) is 0 Å². The van der Waals surface area contributed by atoms with Crippen molar-refractivity contribution in [2.24, 2.45) is 0 Å². The van der Waals surface area contributed by atoms with E-state index >= 15 is 0 Å². The SMILES string of the molecule is COc1ccc(CNc2ncnc(N)c2OC)c(OC)c1. The van der Waals surface area contributed by atoms with Gasteiger partial charge in [0.15, 0.2) is 11.6 Å². The smallest absolute Gasteiger partial charge is 0.203 e. The Morgan fingerprint density at radius 1 is 1.10 bits per heavy atom. The number of hydrogen-bond donors (Lipinski definition) is 2. The van der Waals surface area contributed by atoms with Gasteiger partial charge in [0.25, 0.3) is 0 Å². The lowest BCUT2D eigenvalue weighted by molar-refractivity contribution is 0.391. The quantitative estimate of drug-likeness (QED) is 0.836. The van der Waals surface area contributed by atoms with Crippen LogP contribution in [0.4, 0.5) is 11.6 Å². The summed E-state index contributed by atoms with van der Waals surface area (Å²) < 4.78 is 15.7. The van der Waals surface area contributed by atoms with E-state index in [9.17, 15) is 0 Å². The summed E-state index contributed by atoms with van der Waals surface area (Å²) >= 11 is 0. The van der Waals surface area contributed by atoms with Crippen LogP contribution in [0.2, 0.25) is 0 Å². The molecular formula is C14H18N4O3. The molecule has 0 spiro atoms. The third-order valence-electron chi connectivity index (χ3n) is 2.98. The Morgan fingerprint density at radius 2 is 1.90 bits per heavy atom. The Balaban J connectivity index is 2.18. The highest BCUT2D eigenvalue weighted by atomic mass is 16.5. The molecule has 1 aromatic carbocycles. The highest BCUT2D eigenvalue weighted by Gasteiger charge is 2.11. The second kappa shape index (κ2) is 6.65.